The van der Waals surface area contributed by atoms with Gasteiger partial charge in [-0.1, -0.05) is 0 Å². The van der Waals surface area contributed by atoms with Crippen LogP contribution in [-0.4, -0.2) is 29.0 Å². The second-order valence-corrected chi connectivity index (χ2v) is 1.08. The van der Waals surface area contributed by atoms with Gasteiger partial charge in [0.2, 0.25) is 0 Å². The lowest BCUT2D eigenvalue weighted by Crippen LogP contribution is -2.13. The Morgan fingerprint density at radius 3 is 2.00 bits per heavy atom. The van der Waals surface area contributed by atoms with Gasteiger partial charge in [-0.25, -0.2) is 4.79 Å². The summed E-state index contributed by atoms with van der Waals surface area (Å²) in [5.74, 6) is 0. The second-order valence-electron chi connectivity index (χ2n) is 1.08. The summed E-state index contributed by atoms with van der Waals surface area (Å²) in [6.07, 6.45) is -1.83. The van der Waals surface area contributed by atoms with Crippen LogP contribution >= 0.6 is 0 Å². The van der Waals surface area contributed by atoms with Gasteiger partial charge in [0.15, 0.2) is 0 Å². The Kier molecular flexibility index (Phi) is 8.56. The van der Waals surface area contributed by atoms with Crippen LogP contribution in [0, 0.1) is 5.41 Å². The Labute approximate surface area is 57.7 Å². The van der Waals surface area contributed by atoms with Crippen molar-refractivity contribution in [3.8, 4) is 0 Å². The standard InChI is InChI=1S/C3H8N2O.CH2O3/c1-2-6-3(4)5;2-1(3)4/h2H2,1H3,(H3,4,5);(H2,2,3,4). The molecule has 0 heterocycles. The highest BCUT2D eigenvalue weighted by Crippen LogP contribution is 1.63. The maximum absolute atomic E-state index is 8.56. The van der Waals surface area contributed by atoms with E-state index >= 15 is 0 Å². The molecule has 6 nitrogen and oxygen atoms in total. The van der Waals surface area contributed by atoms with Crippen LogP contribution in [0.25, 0.3) is 0 Å². The Bertz CT molecular complexity index is 110. The number of hydrogen-bond acceptors (Lipinski definition) is 3. The van der Waals surface area contributed by atoms with E-state index < -0.39 is 6.16 Å². The lowest BCUT2D eigenvalue weighted by molar-refractivity contribution is 0.137. The molecular formula is C4H10N2O4. The number of nitrogens with one attached hydrogen (secondary N) is 1. The average Bonchev–Trinajstić information content (AvgIpc) is 1.62. The first-order valence-electron chi connectivity index (χ1n) is 2.39. The Hall–Kier alpha value is -1.46. The van der Waals surface area contributed by atoms with Crippen LogP contribution in [0.3, 0.4) is 0 Å². The molecule has 0 spiro atoms. The first-order chi connectivity index (χ1) is 4.50. The third kappa shape index (κ3) is 84.6. The zero-order valence-electron chi connectivity index (χ0n) is 5.50. The molecule has 0 aliphatic rings. The van der Waals surface area contributed by atoms with Crippen molar-refractivity contribution in [2.45, 2.75) is 6.92 Å². The highest BCUT2D eigenvalue weighted by atomic mass is 16.6. The van der Waals surface area contributed by atoms with Gasteiger partial charge in [-0.2, -0.15) is 0 Å². The number of amidine groups is 1. The Morgan fingerprint density at radius 1 is 1.70 bits per heavy atom. The van der Waals surface area contributed by atoms with E-state index in [1.807, 2.05) is 0 Å². The number of hydrogen-bond donors (Lipinski definition) is 4. The summed E-state index contributed by atoms with van der Waals surface area (Å²) in [5, 5.41) is 20.4. The summed E-state index contributed by atoms with van der Waals surface area (Å²) in [5.41, 5.74) is 4.76. The highest BCUT2D eigenvalue weighted by Gasteiger charge is 1.76. The summed E-state index contributed by atoms with van der Waals surface area (Å²) in [6.45, 7) is 2.26. The third-order valence-corrected chi connectivity index (χ3v) is 0.300. The topological polar surface area (TPSA) is 117 Å². The minimum Gasteiger partial charge on any atom is -0.466 e. The molecule has 60 valence electrons. The normalized spacial score (nSPS) is 6.90. The predicted molar refractivity (Wildman–Crippen MR) is 34.2 cm³/mol. The summed E-state index contributed by atoms with van der Waals surface area (Å²) >= 11 is 0. The zero-order chi connectivity index (χ0) is 8.57. The lowest BCUT2D eigenvalue weighted by atomic mass is 10.9. The average molecular weight is 150 g/mol. The Balaban J connectivity index is 0. The van der Waals surface area contributed by atoms with Gasteiger partial charge in [-0.15, -0.1) is 0 Å². The maximum Gasteiger partial charge on any atom is 0.503 e. The fraction of sp³-hybridized carbons (Fsp3) is 0.500. The van der Waals surface area contributed by atoms with Crippen LogP contribution in [-0.2, 0) is 4.74 Å². The van der Waals surface area contributed by atoms with E-state index in [1.165, 1.54) is 0 Å². The first kappa shape index (κ1) is 11.4. The fourth-order valence-corrected chi connectivity index (χ4v) is 0.156. The summed E-state index contributed by atoms with van der Waals surface area (Å²) in [7, 11) is 0. The van der Waals surface area contributed by atoms with Crippen molar-refractivity contribution in [1.29, 1.82) is 5.41 Å². The minimum absolute atomic E-state index is 0.211. The van der Waals surface area contributed by atoms with Gasteiger partial charge in [-0.05, 0) is 6.92 Å². The first-order valence-corrected chi connectivity index (χ1v) is 2.39. The van der Waals surface area contributed by atoms with Gasteiger partial charge >= 0.3 is 6.16 Å². The van der Waals surface area contributed by atoms with Crippen molar-refractivity contribution >= 4 is 12.2 Å². The van der Waals surface area contributed by atoms with Crippen LogP contribution in [0.4, 0.5) is 4.79 Å². The third-order valence-electron chi connectivity index (χ3n) is 0.300. The van der Waals surface area contributed by atoms with Gasteiger partial charge in [0.1, 0.15) is 0 Å². The van der Waals surface area contributed by atoms with Crippen LogP contribution in [0.1, 0.15) is 6.92 Å². The monoisotopic (exact) mass is 150 g/mol. The van der Waals surface area contributed by atoms with Gasteiger partial charge in [0.05, 0.1) is 6.61 Å². The number of ether oxygens (including phenoxy) is 1. The molecule has 0 saturated heterocycles. The molecule has 0 amide bonds. The quantitative estimate of drug-likeness (QED) is 0.313. The number of rotatable bonds is 1. The molecule has 0 fully saturated rings. The smallest absolute Gasteiger partial charge is 0.466 e. The molecule has 0 aliphatic heterocycles. The SMILES string of the molecule is CCOC(=N)N.O=C(O)O. The lowest BCUT2D eigenvalue weighted by Gasteiger charge is -1.92. The summed E-state index contributed by atoms with van der Waals surface area (Å²) in [6, 6.07) is -0.211. The number of carboxylic acid groups (broad SMARTS) is 2. The molecule has 0 bridgehead atoms. The molecular weight excluding hydrogens is 140 g/mol. The van der Waals surface area contributed by atoms with Gasteiger partial charge < -0.3 is 20.7 Å². The van der Waals surface area contributed by atoms with Crippen molar-refractivity contribution in [1.82, 2.24) is 0 Å². The van der Waals surface area contributed by atoms with Crippen LogP contribution < -0.4 is 5.73 Å². The van der Waals surface area contributed by atoms with E-state index in [-0.39, 0.29) is 6.02 Å². The molecule has 0 aromatic rings. The van der Waals surface area contributed by atoms with Crippen molar-refractivity contribution in [2.75, 3.05) is 6.61 Å². The van der Waals surface area contributed by atoms with Crippen LogP contribution in [0.15, 0.2) is 0 Å². The van der Waals surface area contributed by atoms with Crippen molar-refractivity contribution in [2.24, 2.45) is 5.73 Å². The summed E-state index contributed by atoms with van der Waals surface area (Å²) < 4.78 is 4.40. The molecule has 0 radical (unpaired) electrons. The molecule has 0 aromatic carbocycles. The molecule has 10 heavy (non-hydrogen) atoms. The molecule has 6 heteroatoms. The van der Waals surface area contributed by atoms with E-state index in [0.717, 1.165) is 0 Å². The van der Waals surface area contributed by atoms with Gasteiger partial charge in [-0.3, -0.25) is 5.41 Å². The summed E-state index contributed by atoms with van der Waals surface area (Å²) in [4.78, 5) is 8.56. The molecule has 0 unspecified atom stereocenters. The largest absolute Gasteiger partial charge is 0.503 e. The maximum atomic E-state index is 8.56. The zero-order valence-corrected chi connectivity index (χ0v) is 5.50. The van der Waals surface area contributed by atoms with Gasteiger partial charge in [0.25, 0.3) is 6.02 Å². The number of carbonyl (C=O) groups is 1. The molecule has 0 saturated carbocycles. The molecule has 0 atom stereocenters. The highest BCUT2D eigenvalue weighted by molar-refractivity contribution is 5.67. The van der Waals surface area contributed by atoms with Crippen molar-refractivity contribution in [3.05, 3.63) is 0 Å². The molecule has 5 N–H and O–H groups in total. The van der Waals surface area contributed by atoms with Crippen molar-refractivity contribution < 1.29 is 19.7 Å². The second kappa shape index (κ2) is 7.54. The van der Waals surface area contributed by atoms with E-state index in [4.69, 9.17) is 26.2 Å². The number of nitrogens with two attached hydrogens (primary N) is 1. The van der Waals surface area contributed by atoms with Crippen LogP contribution in [0.2, 0.25) is 0 Å². The van der Waals surface area contributed by atoms with Crippen LogP contribution in [0.5, 0.6) is 0 Å². The molecule has 0 aliphatic carbocycles. The van der Waals surface area contributed by atoms with E-state index in [2.05, 4.69) is 4.74 Å². The van der Waals surface area contributed by atoms with Gasteiger partial charge in [0, 0.05) is 0 Å². The van der Waals surface area contributed by atoms with E-state index in [0.29, 0.717) is 6.61 Å². The predicted octanol–water partition coefficient (Wildman–Crippen LogP) is 0.139. The molecule has 0 aromatic heterocycles. The minimum atomic E-state index is -1.83. The Morgan fingerprint density at radius 2 is 2.00 bits per heavy atom. The van der Waals surface area contributed by atoms with E-state index in [1.54, 1.807) is 6.92 Å². The van der Waals surface area contributed by atoms with E-state index in [9.17, 15) is 0 Å². The van der Waals surface area contributed by atoms with Crippen molar-refractivity contribution in [3.63, 3.8) is 0 Å². The molecule has 0 rings (SSSR count). The fourth-order valence-electron chi connectivity index (χ4n) is 0.156.